The fraction of sp³-hybridized carbons (Fsp3) is 0.148. The van der Waals surface area contributed by atoms with E-state index in [4.69, 9.17) is 4.74 Å². The molecule has 1 heterocycles. The van der Waals surface area contributed by atoms with E-state index in [0.29, 0.717) is 16.2 Å². The Bertz CT molecular complexity index is 1280. The van der Waals surface area contributed by atoms with Crippen molar-refractivity contribution in [1.82, 2.24) is 0 Å². The van der Waals surface area contributed by atoms with Gasteiger partial charge in [-0.25, -0.2) is 9.69 Å². The van der Waals surface area contributed by atoms with Gasteiger partial charge in [-0.2, -0.15) is 0 Å². The van der Waals surface area contributed by atoms with Crippen LogP contribution in [0.5, 0.6) is 0 Å². The van der Waals surface area contributed by atoms with E-state index in [9.17, 15) is 14.4 Å². The first-order chi connectivity index (χ1) is 16.4. The molecular weight excluding hydrogens is 448 g/mol. The van der Waals surface area contributed by atoms with Crippen molar-refractivity contribution in [3.05, 3.63) is 100 Å². The topological polar surface area (TPSA) is 75.7 Å². The van der Waals surface area contributed by atoms with Crippen LogP contribution in [0.1, 0.15) is 28.4 Å². The molecule has 0 atom stereocenters. The standard InChI is InChI=1S/C27H24N2O4S/c1-4-33-27(32)19-10-12-21(13-11-19)29-25(30)23(28-20-7-5-6-18(3)16-20)24(26(29)31)34-22-14-8-17(2)9-15-22/h5-16,28H,4H2,1-3H3. The third-order valence-electron chi connectivity index (χ3n) is 5.21. The molecule has 0 aliphatic carbocycles. The molecule has 1 aliphatic rings. The van der Waals surface area contributed by atoms with E-state index in [0.717, 1.165) is 26.6 Å². The summed E-state index contributed by atoms with van der Waals surface area (Å²) in [7, 11) is 0. The van der Waals surface area contributed by atoms with Gasteiger partial charge < -0.3 is 10.1 Å². The van der Waals surface area contributed by atoms with Crippen molar-refractivity contribution < 1.29 is 19.1 Å². The average molecular weight is 473 g/mol. The number of benzene rings is 3. The van der Waals surface area contributed by atoms with Crippen LogP contribution in [0.2, 0.25) is 0 Å². The number of aryl methyl sites for hydroxylation is 2. The Morgan fingerprint density at radius 3 is 2.26 bits per heavy atom. The second kappa shape index (κ2) is 9.97. The Morgan fingerprint density at radius 2 is 1.62 bits per heavy atom. The number of carbonyl (C=O) groups is 3. The highest BCUT2D eigenvalue weighted by atomic mass is 32.2. The Morgan fingerprint density at radius 1 is 0.912 bits per heavy atom. The molecular formula is C27H24N2O4S. The number of amides is 2. The van der Waals surface area contributed by atoms with Gasteiger partial charge in [-0.15, -0.1) is 0 Å². The highest BCUT2D eigenvalue weighted by Gasteiger charge is 2.40. The molecule has 0 radical (unpaired) electrons. The van der Waals surface area contributed by atoms with E-state index >= 15 is 0 Å². The van der Waals surface area contributed by atoms with Crippen LogP contribution in [0, 0.1) is 13.8 Å². The molecule has 0 unspecified atom stereocenters. The van der Waals surface area contributed by atoms with Crippen LogP contribution in [-0.2, 0) is 14.3 Å². The zero-order valence-electron chi connectivity index (χ0n) is 19.1. The third-order valence-corrected chi connectivity index (χ3v) is 6.30. The number of imide groups is 1. The van der Waals surface area contributed by atoms with Crippen molar-refractivity contribution in [3.63, 3.8) is 0 Å². The summed E-state index contributed by atoms with van der Waals surface area (Å²) in [6.45, 7) is 5.95. The normalized spacial score (nSPS) is 13.4. The molecule has 3 aromatic carbocycles. The summed E-state index contributed by atoms with van der Waals surface area (Å²) < 4.78 is 5.01. The molecule has 0 aromatic heterocycles. The lowest BCUT2D eigenvalue weighted by atomic mass is 10.2. The first kappa shape index (κ1) is 23.3. The predicted molar refractivity (Wildman–Crippen MR) is 134 cm³/mol. The Balaban J connectivity index is 1.69. The summed E-state index contributed by atoms with van der Waals surface area (Å²) >= 11 is 1.25. The number of thioether (sulfide) groups is 1. The van der Waals surface area contributed by atoms with Crippen molar-refractivity contribution in [2.24, 2.45) is 0 Å². The lowest BCUT2D eigenvalue weighted by Crippen LogP contribution is -2.32. The van der Waals surface area contributed by atoms with Gasteiger partial charge in [0.1, 0.15) is 10.6 Å². The van der Waals surface area contributed by atoms with Gasteiger partial charge in [-0.1, -0.05) is 41.6 Å². The van der Waals surface area contributed by atoms with Crippen molar-refractivity contribution >= 4 is 40.9 Å². The van der Waals surface area contributed by atoms with E-state index in [-0.39, 0.29) is 12.3 Å². The van der Waals surface area contributed by atoms with Gasteiger partial charge in [0.2, 0.25) is 0 Å². The Kier molecular flexibility index (Phi) is 6.84. The predicted octanol–water partition coefficient (Wildman–Crippen LogP) is 5.47. The molecule has 0 saturated heterocycles. The van der Waals surface area contributed by atoms with Gasteiger partial charge in [0.25, 0.3) is 11.8 Å². The lowest BCUT2D eigenvalue weighted by Gasteiger charge is -2.16. The zero-order chi connectivity index (χ0) is 24.2. The molecule has 0 spiro atoms. The molecule has 7 heteroatoms. The van der Waals surface area contributed by atoms with Gasteiger partial charge in [-0.3, -0.25) is 9.59 Å². The molecule has 0 fully saturated rings. The van der Waals surface area contributed by atoms with E-state index in [1.807, 2.05) is 62.4 Å². The van der Waals surface area contributed by atoms with Crippen LogP contribution in [-0.4, -0.2) is 24.4 Å². The SMILES string of the molecule is CCOC(=O)c1ccc(N2C(=O)C(Nc3cccc(C)c3)=C(Sc3ccc(C)cc3)C2=O)cc1. The fourth-order valence-corrected chi connectivity index (χ4v) is 4.43. The second-order valence-corrected chi connectivity index (χ2v) is 8.91. The van der Waals surface area contributed by atoms with Crippen LogP contribution in [0.25, 0.3) is 0 Å². The van der Waals surface area contributed by atoms with E-state index in [2.05, 4.69) is 5.32 Å². The molecule has 1 aliphatic heterocycles. The van der Waals surface area contributed by atoms with Crippen molar-refractivity contribution in [3.8, 4) is 0 Å². The first-order valence-electron chi connectivity index (χ1n) is 10.9. The number of anilines is 2. The number of hydrogen-bond acceptors (Lipinski definition) is 6. The molecule has 0 bridgehead atoms. The molecule has 0 saturated carbocycles. The van der Waals surface area contributed by atoms with Crippen LogP contribution in [0.15, 0.2) is 88.3 Å². The highest BCUT2D eigenvalue weighted by Crippen LogP contribution is 2.38. The van der Waals surface area contributed by atoms with Gasteiger partial charge in [0.15, 0.2) is 0 Å². The number of rotatable bonds is 7. The highest BCUT2D eigenvalue weighted by molar-refractivity contribution is 8.04. The number of ether oxygens (including phenoxy) is 1. The number of hydrogen-bond donors (Lipinski definition) is 1. The maximum absolute atomic E-state index is 13.5. The maximum Gasteiger partial charge on any atom is 0.338 e. The molecule has 34 heavy (non-hydrogen) atoms. The summed E-state index contributed by atoms with van der Waals surface area (Å²) in [5, 5.41) is 3.16. The summed E-state index contributed by atoms with van der Waals surface area (Å²) in [6, 6.07) is 21.6. The van der Waals surface area contributed by atoms with E-state index in [1.54, 1.807) is 31.2 Å². The van der Waals surface area contributed by atoms with Crippen LogP contribution < -0.4 is 10.2 Å². The van der Waals surface area contributed by atoms with Gasteiger partial charge in [0, 0.05) is 10.6 Å². The van der Waals surface area contributed by atoms with E-state index < -0.39 is 17.8 Å². The molecule has 3 aromatic rings. The minimum Gasteiger partial charge on any atom is -0.462 e. The molecule has 4 rings (SSSR count). The van der Waals surface area contributed by atoms with E-state index in [1.165, 1.54) is 11.8 Å². The fourth-order valence-electron chi connectivity index (χ4n) is 3.50. The smallest absolute Gasteiger partial charge is 0.338 e. The van der Waals surface area contributed by atoms with Crippen LogP contribution in [0.3, 0.4) is 0 Å². The maximum atomic E-state index is 13.5. The molecule has 2 amide bonds. The van der Waals surface area contributed by atoms with Gasteiger partial charge in [0.05, 0.1) is 17.9 Å². The number of esters is 1. The molecule has 1 N–H and O–H groups in total. The molecule has 172 valence electrons. The largest absolute Gasteiger partial charge is 0.462 e. The minimum absolute atomic E-state index is 0.218. The quantitative estimate of drug-likeness (QED) is 0.363. The van der Waals surface area contributed by atoms with Crippen molar-refractivity contribution in [2.45, 2.75) is 25.7 Å². The zero-order valence-corrected chi connectivity index (χ0v) is 19.9. The monoisotopic (exact) mass is 472 g/mol. The summed E-state index contributed by atoms with van der Waals surface area (Å²) in [5.41, 5.74) is 3.81. The van der Waals surface area contributed by atoms with Crippen LogP contribution >= 0.6 is 11.8 Å². The second-order valence-electron chi connectivity index (χ2n) is 7.83. The number of nitrogens with one attached hydrogen (secondary N) is 1. The van der Waals surface area contributed by atoms with Crippen molar-refractivity contribution in [2.75, 3.05) is 16.8 Å². The summed E-state index contributed by atoms with van der Waals surface area (Å²) in [5.74, 6) is -1.33. The lowest BCUT2D eigenvalue weighted by molar-refractivity contribution is -0.120. The summed E-state index contributed by atoms with van der Waals surface area (Å²) in [4.78, 5) is 41.2. The molecule has 6 nitrogen and oxygen atoms in total. The van der Waals surface area contributed by atoms with Gasteiger partial charge >= 0.3 is 5.97 Å². The van der Waals surface area contributed by atoms with Crippen LogP contribution in [0.4, 0.5) is 11.4 Å². The Labute approximate surface area is 202 Å². The third kappa shape index (κ3) is 4.89. The minimum atomic E-state index is -0.455. The van der Waals surface area contributed by atoms with Gasteiger partial charge in [-0.05, 0) is 74.9 Å². The Hall–Kier alpha value is -3.84. The number of carbonyl (C=O) groups excluding carboxylic acids is 3. The average Bonchev–Trinajstić information content (AvgIpc) is 3.04. The van der Waals surface area contributed by atoms with Crippen molar-refractivity contribution in [1.29, 1.82) is 0 Å². The summed E-state index contributed by atoms with van der Waals surface area (Å²) in [6.07, 6.45) is 0. The first-order valence-corrected chi connectivity index (χ1v) is 11.7. The number of nitrogens with zero attached hydrogens (tertiary/aromatic N) is 1.